The van der Waals surface area contributed by atoms with Crippen molar-refractivity contribution in [3.63, 3.8) is 0 Å². The molecule has 0 radical (unpaired) electrons. The molecule has 1 fully saturated rings. The first-order valence-electron chi connectivity index (χ1n) is 11.2. The van der Waals surface area contributed by atoms with Crippen LogP contribution >= 0.6 is 0 Å². The van der Waals surface area contributed by atoms with Crippen LogP contribution in [0.4, 0.5) is 0 Å². The summed E-state index contributed by atoms with van der Waals surface area (Å²) in [6.45, 7) is 1.17. The van der Waals surface area contributed by atoms with Gasteiger partial charge < -0.3 is 0 Å². The molecule has 0 atom stereocenters. The summed E-state index contributed by atoms with van der Waals surface area (Å²) in [5.41, 5.74) is 5.37. The number of rotatable bonds is 3. The molecule has 2 heterocycles. The summed E-state index contributed by atoms with van der Waals surface area (Å²) in [4.78, 5) is 0. The number of hydrogen-bond acceptors (Lipinski definition) is 0. The van der Waals surface area contributed by atoms with Crippen LogP contribution in [-0.4, -0.2) is 4.57 Å². The van der Waals surface area contributed by atoms with Crippen molar-refractivity contribution in [2.75, 3.05) is 0 Å². The highest BCUT2D eigenvalue weighted by atomic mass is 15.2. The van der Waals surface area contributed by atoms with Gasteiger partial charge in [0.2, 0.25) is 0 Å². The zero-order valence-electron chi connectivity index (χ0n) is 16.8. The fourth-order valence-electron chi connectivity index (χ4n) is 5.17. The summed E-state index contributed by atoms with van der Waals surface area (Å²) in [6.07, 6.45) is 14.6. The van der Waals surface area contributed by atoms with Gasteiger partial charge in [0.25, 0.3) is 5.82 Å². The quantitative estimate of drug-likeness (QED) is 0.475. The molecule has 1 saturated carbocycles. The minimum absolute atomic E-state index is 0.713. The molecule has 2 aromatic carbocycles. The van der Waals surface area contributed by atoms with Gasteiger partial charge in [0.05, 0.1) is 6.54 Å². The van der Waals surface area contributed by atoms with Crippen molar-refractivity contribution < 1.29 is 4.57 Å². The average molecular weight is 372 g/mol. The lowest BCUT2D eigenvalue weighted by atomic mass is 9.95. The lowest BCUT2D eigenvalue weighted by Gasteiger charge is -2.20. The molecule has 0 saturated heterocycles. The summed E-state index contributed by atoms with van der Waals surface area (Å²) in [6, 6.07) is 20.6. The highest BCUT2D eigenvalue weighted by Gasteiger charge is 2.30. The number of benzene rings is 2. The molecular formula is C26H31N2+. The molecule has 1 aliphatic heterocycles. The average Bonchev–Trinajstić information content (AvgIpc) is 2.96. The van der Waals surface area contributed by atoms with Crippen molar-refractivity contribution in [2.45, 2.75) is 70.4 Å². The maximum Gasteiger partial charge on any atom is 0.257 e. The smallest absolute Gasteiger partial charge is 0.231 e. The van der Waals surface area contributed by atoms with Crippen LogP contribution in [0.25, 0.3) is 22.4 Å². The van der Waals surface area contributed by atoms with E-state index in [9.17, 15) is 0 Å². The van der Waals surface area contributed by atoms with Crippen LogP contribution in [0.3, 0.4) is 0 Å². The number of aromatic nitrogens is 2. The van der Waals surface area contributed by atoms with Gasteiger partial charge in [0, 0.05) is 12.0 Å². The fourth-order valence-corrected chi connectivity index (χ4v) is 5.17. The van der Waals surface area contributed by atoms with Gasteiger partial charge in [-0.15, -0.1) is 0 Å². The van der Waals surface area contributed by atoms with E-state index in [1.54, 1.807) is 5.82 Å². The van der Waals surface area contributed by atoms with Crippen LogP contribution in [0.2, 0.25) is 0 Å². The first-order chi connectivity index (χ1) is 13.9. The predicted octanol–water partition coefficient (Wildman–Crippen LogP) is 6.34. The molecule has 1 aliphatic carbocycles. The third-order valence-electron chi connectivity index (χ3n) is 6.70. The Balaban J connectivity index is 1.53. The molecule has 5 rings (SSSR count). The Hall–Kier alpha value is -2.35. The number of imidazole rings is 1. The summed E-state index contributed by atoms with van der Waals surface area (Å²) >= 11 is 0. The van der Waals surface area contributed by atoms with Crippen LogP contribution in [0.15, 0.2) is 60.8 Å². The molecule has 28 heavy (non-hydrogen) atoms. The second kappa shape index (κ2) is 7.95. The molecule has 3 aromatic rings. The topological polar surface area (TPSA) is 8.81 Å². The van der Waals surface area contributed by atoms with E-state index in [4.69, 9.17) is 0 Å². The highest BCUT2D eigenvalue weighted by Crippen LogP contribution is 2.32. The SMILES string of the molecule is c1ccc(-c2ccc(-c3cn(C4CCCCC4)c4[n+]3CCCCC4)cc2)cc1. The molecule has 0 bridgehead atoms. The maximum absolute atomic E-state index is 2.67. The molecular weight excluding hydrogens is 340 g/mol. The standard InChI is InChI=1S/C26H31N2/c1-4-10-21(11-5-1)22-15-17-23(18-16-22)25-20-28(24-12-6-2-7-13-24)26-14-8-3-9-19-27(25)26/h1,4-5,10-11,15-18,20,24H,2-3,6-9,12-14,19H2/q+1. The van der Waals surface area contributed by atoms with E-state index in [0.29, 0.717) is 6.04 Å². The molecule has 2 heteroatoms. The lowest BCUT2D eigenvalue weighted by molar-refractivity contribution is -0.692. The minimum atomic E-state index is 0.713. The van der Waals surface area contributed by atoms with Gasteiger partial charge in [-0.1, -0.05) is 48.9 Å². The van der Waals surface area contributed by atoms with Crippen LogP contribution in [-0.2, 0) is 13.0 Å². The van der Waals surface area contributed by atoms with Crippen molar-refractivity contribution in [1.82, 2.24) is 4.57 Å². The van der Waals surface area contributed by atoms with Gasteiger partial charge in [0.1, 0.15) is 12.2 Å². The van der Waals surface area contributed by atoms with E-state index in [0.717, 1.165) is 0 Å². The highest BCUT2D eigenvalue weighted by molar-refractivity contribution is 5.67. The Morgan fingerprint density at radius 1 is 0.679 bits per heavy atom. The molecule has 1 aromatic heterocycles. The molecule has 2 nitrogen and oxygen atoms in total. The lowest BCUT2D eigenvalue weighted by Crippen LogP contribution is -2.39. The first kappa shape index (κ1) is 17.7. The van der Waals surface area contributed by atoms with Crippen LogP contribution in [0, 0.1) is 0 Å². The molecule has 0 amide bonds. The maximum atomic E-state index is 2.67. The Morgan fingerprint density at radius 3 is 2.14 bits per heavy atom. The summed E-state index contributed by atoms with van der Waals surface area (Å²) in [7, 11) is 0. The second-order valence-electron chi connectivity index (χ2n) is 8.54. The van der Waals surface area contributed by atoms with Gasteiger partial charge in [0.15, 0.2) is 5.69 Å². The molecule has 0 spiro atoms. The zero-order valence-corrected chi connectivity index (χ0v) is 16.8. The van der Waals surface area contributed by atoms with Crippen LogP contribution in [0.1, 0.15) is 63.2 Å². The van der Waals surface area contributed by atoms with E-state index in [1.165, 1.54) is 86.7 Å². The number of fused-ring (bicyclic) bond motifs is 1. The largest absolute Gasteiger partial charge is 0.257 e. The molecule has 2 aliphatic rings. The van der Waals surface area contributed by atoms with E-state index >= 15 is 0 Å². The van der Waals surface area contributed by atoms with Gasteiger partial charge >= 0.3 is 0 Å². The van der Waals surface area contributed by atoms with Gasteiger partial charge in [-0.2, -0.15) is 0 Å². The molecule has 0 unspecified atom stereocenters. The van der Waals surface area contributed by atoms with Crippen LogP contribution < -0.4 is 4.57 Å². The predicted molar refractivity (Wildman–Crippen MR) is 115 cm³/mol. The van der Waals surface area contributed by atoms with Gasteiger partial charge in [-0.3, -0.25) is 0 Å². The Labute approximate surface area is 168 Å². The summed E-state index contributed by atoms with van der Waals surface area (Å²) in [5, 5.41) is 0. The zero-order chi connectivity index (χ0) is 18.8. The first-order valence-corrected chi connectivity index (χ1v) is 11.2. The van der Waals surface area contributed by atoms with Gasteiger partial charge in [-0.05, 0) is 68.2 Å². The van der Waals surface area contributed by atoms with Crippen LogP contribution in [0.5, 0.6) is 0 Å². The number of hydrogen-bond donors (Lipinski definition) is 0. The van der Waals surface area contributed by atoms with Crippen molar-refractivity contribution in [2.24, 2.45) is 0 Å². The Bertz CT molecular complexity index is 915. The van der Waals surface area contributed by atoms with Crippen molar-refractivity contribution in [1.29, 1.82) is 0 Å². The normalized spacial score (nSPS) is 17.9. The Morgan fingerprint density at radius 2 is 1.36 bits per heavy atom. The number of nitrogens with zero attached hydrogens (tertiary/aromatic N) is 2. The fraction of sp³-hybridized carbons (Fsp3) is 0.423. The summed E-state index contributed by atoms with van der Waals surface area (Å²) in [5.74, 6) is 1.58. The monoisotopic (exact) mass is 371 g/mol. The Kier molecular flexibility index (Phi) is 5.03. The van der Waals surface area contributed by atoms with E-state index < -0.39 is 0 Å². The minimum Gasteiger partial charge on any atom is -0.231 e. The van der Waals surface area contributed by atoms with E-state index in [2.05, 4.69) is 69.9 Å². The molecule has 0 N–H and O–H groups in total. The van der Waals surface area contributed by atoms with Gasteiger partial charge in [-0.25, -0.2) is 9.13 Å². The summed E-state index contributed by atoms with van der Waals surface area (Å²) < 4.78 is 5.31. The third kappa shape index (κ3) is 3.41. The second-order valence-corrected chi connectivity index (χ2v) is 8.54. The van der Waals surface area contributed by atoms with Crippen molar-refractivity contribution in [3.8, 4) is 22.4 Å². The van der Waals surface area contributed by atoms with Crippen molar-refractivity contribution in [3.05, 3.63) is 66.6 Å². The van der Waals surface area contributed by atoms with Crippen molar-refractivity contribution >= 4 is 0 Å². The third-order valence-corrected chi connectivity index (χ3v) is 6.70. The molecule has 144 valence electrons. The van der Waals surface area contributed by atoms with E-state index in [-0.39, 0.29) is 0 Å². The van der Waals surface area contributed by atoms with E-state index in [1.807, 2.05) is 0 Å².